The smallest absolute Gasteiger partial charge is 0.278 e. The number of benzene rings is 1. The number of quaternary nitrogens is 1. The van der Waals surface area contributed by atoms with E-state index in [0.29, 0.717) is 16.6 Å². The van der Waals surface area contributed by atoms with E-state index in [1.54, 1.807) is 0 Å². The summed E-state index contributed by atoms with van der Waals surface area (Å²) in [5.74, 6) is 0.0899. The molecule has 0 saturated carbocycles. The van der Waals surface area contributed by atoms with Gasteiger partial charge in [0.15, 0.2) is 0 Å². The van der Waals surface area contributed by atoms with Crippen LogP contribution in [0.3, 0.4) is 0 Å². The quantitative estimate of drug-likeness (QED) is 0.117. The number of nitro benzene ring substituents is 1. The molecule has 0 aromatic heterocycles. The van der Waals surface area contributed by atoms with Gasteiger partial charge in [-0.3, -0.25) is 10.1 Å². The molecule has 0 fully saturated rings. The second-order valence-electron chi connectivity index (χ2n) is 9.48. The van der Waals surface area contributed by atoms with Crippen LogP contribution in [0.25, 0.3) is 0 Å². The second-order valence-corrected chi connectivity index (χ2v) is 9.48. The summed E-state index contributed by atoms with van der Waals surface area (Å²) in [5.41, 5.74) is 0.704. The van der Waals surface area contributed by atoms with Crippen molar-refractivity contribution in [2.75, 3.05) is 20.6 Å². The number of phenols is 1. The van der Waals surface area contributed by atoms with E-state index >= 15 is 0 Å². The van der Waals surface area contributed by atoms with Gasteiger partial charge in [0.2, 0.25) is 0 Å². The number of nitro groups is 1. The van der Waals surface area contributed by atoms with Crippen LogP contribution in [0.1, 0.15) is 102 Å². The van der Waals surface area contributed by atoms with Gasteiger partial charge in [-0.15, -0.1) is 0 Å². The molecule has 0 amide bonds. The summed E-state index contributed by atoms with van der Waals surface area (Å²) < 4.78 is 0.697. The van der Waals surface area contributed by atoms with Gasteiger partial charge in [-0.2, -0.15) is 0 Å². The number of hydrogen-bond donors (Lipinski definition) is 1. The lowest BCUT2D eigenvalue weighted by atomic mass is 10.0. The summed E-state index contributed by atoms with van der Waals surface area (Å²) in [6, 6.07) is 4.32. The molecule has 0 atom stereocenters. The third-order valence-electron chi connectivity index (χ3n) is 5.98. The molecule has 172 valence electrons. The maximum atomic E-state index is 11.2. The van der Waals surface area contributed by atoms with Crippen LogP contribution in [0.15, 0.2) is 18.2 Å². The largest absolute Gasteiger partial charge is 0.508 e. The zero-order valence-electron chi connectivity index (χ0n) is 19.7. The summed E-state index contributed by atoms with van der Waals surface area (Å²) in [6.07, 6.45) is 18.9. The monoisotopic (exact) mass is 421 g/mol. The zero-order valence-corrected chi connectivity index (χ0v) is 19.7. The van der Waals surface area contributed by atoms with Gasteiger partial charge in [-0.1, -0.05) is 84.0 Å². The Bertz CT molecular complexity index is 602. The van der Waals surface area contributed by atoms with E-state index in [1.165, 1.54) is 102 Å². The van der Waals surface area contributed by atoms with Gasteiger partial charge in [0, 0.05) is 6.07 Å². The van der Waals surface area contributed by atoms with Crippen LogP contribution >= 0.6 is 0 Å². The van der Waals surface area contributed by atoms with Crippen LogP contribution in [-0.2, 0) is 6.54 Å². The van der Waals surface area contributed by atoms with Crippen LogP contribution in [-0.4, -0.2) is 35.2 Å². The van der Waals surface area contributed by atoms with Crippen LogP contribution in [0.2, 0.25) is 0 Å². The molecule has 0 aliphatic heterocycles. The van der Waals surface area contributed by atoms with Crippen molar-refractivity contribution >= 4 is 5.69 Å². The molecule has 0 aliphatic rings. The van der Waals surface area contributed by atoms with Gasteiger partial charge in [0.1, 0.15) is 12.3 Å². The Hall–Kier alpha value is -1.62. The van der Waals surface area contributed by atoms with Crippen molar-refractivity contribution in [3.63, 3.8) is 0 Å². The summed E-state index contributed by atoms with van der Waals surface area (Å²) in [4.78, 5) is 10.9. The van der Waals surface area contributed by atoms with Gasteiger partial charge in [0.25, 0.3) is 5.69 Å². The predicted molar refractivity (Wildman–Crippen MR) is 126 cm³/mol. The third kappa shape index (κ3) is 12.2. The molecule has 0 aliphatic carbocycles. The third-order valence-corrected chi connectivity index (χ3v) is 5.98. The molecule has 1 aromatic rings. The minimum atomic E-state index is -0.360. The first-order valence-corrected chi connectivity index (χ1v) is 12.1. The minimum Gasteiger partial charge on any atom is -0.508 e. The van der Waals surface area contributed by atoms with Gasteiger partial charge in [-0.25, -0.2) is 0 Å². The fourth-order valence-electron chi connectivity index (χ4n) is 4.15. The SMILES string of the molecule is CCCCCCCCCCCCCCCC[N+](C)(C)Cc1cc(O)ccc1[N+](=O)[O-]. The van der Waals surface area contributed by atoms with Gasteiger partial charge in [0.05, 0.1) is 31.1 Å². The van der Waals surface area contributed by atoms with Gasteiger partial charge < -0.3 is 9.59 Å². The van der Waals surface area contributed by atoms with E-state index in [1.807, 2.05) is 0 Å². The van der Waals surface area contributed by atoms with E-state index in [-0.39, 0.29) is 16.4 Å². The molecule has 0 heterocycles. The Kier molecular flexibility index (Phi) is 13.4. The lowest BCUT2D eigenvalue weighted by molar-refractivity contribution is -0.904. The lowest BCUT2D eigenvalue weighted by Crippen LogP contribution is -2.39. The highest BCUT2D eigenvalue weighted by molar-refractivity contribution is 5.44. The summed E-state index contributed by atoms with van der Waals surface area (Å²) in [5, 5.41) is 20.9. The van der Waals surface area contributed by atoms with Crippen molar-refractivity contribution in [1.29, 1.82) is 0 Å². The molecule has 5 nitrogen and oxygen atoms in total. The van der Waals surface area contributed by atoms with Crippen LogP contribution in [0.4, 0.5) is 5.69 Å². The number of rotatable bonds is 18. The Labute approximate surface area is 184 Å². The van der Waals surface area contributed by atoms with E-state index in [0.717, 1.165) is 13.0 Å². The molecule has 0 saturated heterocycles. The van der Waals surface area contributed by atoms with Crippen molar-refractivity contribution in [2.45, 2.75) is 103 Å². The summed E-state index contributed by atoms with van der Waals surface area (Å²) >= 11 is 0. The van der Waals surface area contributed by atoms with Crippen LogP contribution < -0.4 is 0 Å². The standard InChI is InChI=1S/C25H44N2O3/c1-4-5-6-7-8-9-10-11-12-13-14-15-16-17-20-27(2,3)22-23-21-24(28)18-19-25(23)26(29)30/h18-19,21H,4-17,20,22H2,1-3H3/p+1. The Balaban J connectivity index is 2.10. The van der Waals surface area contributed by atoms with Crippen molar-refractivity contribution in [1.82, 2.24) is 0 Å². The Morgan fingerprint density at radius 2 is 1.30 bits per heavy atom. The first-order valence-electron chi connectivity index (χ1n) is 12.1. The van der Waals surface area contributed by atoms with Gasteiger partial charge >= 0.3 is 0 Å². The molecule has 5 heteroatoms. The molecule has 1 N–H and O–H groups in total. The fourth-order valence-corrected chi connectivity index (χ4v) is 4.15. The number of phenolic OH excluding ortho intramolecular Hbond substituents is 1. The molecule has 0 bridgehead atoms. The first-order chi connectivity index (χ1) is 14.4. The van der Waals surface area contributed by atoms with E-state index in [4.69, 9.17) is 0 Å². The average molecular weight is 422 g/mol. The maximum absolute atomic E-state index is 11.2. The zero-order chi connectivity index (χ0) is 22.2. The number of unbranched alkanes of at least 4 members (excludes halogenated alkanes) is 13. The van der Waals surface area contributed by atoms with Crippen LogP contribution in [0, 0.1) is 10.1 Å². The van der Waals surface area contributed by atoms with E-state index in [2.05, 4.69) is 21.0 Å². The molecule has 30 heavy (non-hydrogen) atoms. The van der Waals surface area contributed by atoms with Crippen LogP contribution in [0.5, 0.6) is 5.75 Å². The van der Waals surface area contributed by atoms with E-state index in [9.17, 15) is 15.2 Å². The number of nitrogens with zero attached hydrogens (tertiary/aromatic N) is 2. The topological polar surface area (TPSA) is 63.4 Å². The van der Waals surface area contributed by atoms with Crippen molar-refractivity contribution in [3.8, 4) is 5.75 Å². The maximum Gasteiger partial charge on any atom is 0.278 e. The molecule has 0 radical (unpaired) electrons. The van der Waals surface area contributed by atoms with Crippen molar-refractivity contribution in [3.05, 3.63) is 33.9 Å². The highest BCUT2D eigenvalue weighted by atomic mass is 16.6. The van der Waals surface area contributed by atoms with E-state index < -0.39 is 0 Å². The number of aromatic hydroxyl groups is 1. The van der Waals surface area contributed by atoms with Gasteiger partial charge in [-0.05, 0) is 25.0 Å². The Morgan fingerprint density at radius 3 is 1.77 bits per heavy atom. The molecular weight excluding hydrogens is 376 g/mol. The summed E-state index contributed by atoms with van der Waals surface area (Å²) in [7, 11) is 4.21. The molecule has 0 unspecified atom stereocenters. The first kappa shape index (κ1) is 26.4. The minimum absolute atomic E-state index is 0.0899. The predicted octanol–water partition coefficient (Wildman–Crippen LogP) is 7.36. The van der Waals surface area contributed by atoms with Crippen molar-refractivity contribution < 1.29 is 14.5 Å². The normalized spacial score (nSPS) is 11.7. The highest BCUT2D eigenvalue weighted by Crippen LogP contribution is 2.26. The lowest BCUT2D eigenvalue weighted by Gasteiger charge is -2.29. The molecule has 1 rings (SSSR count). The second kappa shape index (κ2) is 15.2. The number of hydrogen-bond acceptors (Lipinski definition) is 3. The average Bonchev–Trinajstić information content (AvgIpc) is 2.67. The molecule has 1 aromatic carbocycles. The van der Waals surface area contributed by atoms with Crippen molar-refractivity contribution in [2.24, 2.45) is 0 Å². The summed E-state index contributed by atoms with van der Waals surface area (Å²) in [6.45, 7) is 3.82. The fraction of sp³-hybridized carbons (Fsp3) is 0.760. The highest BCUT2D eigenvalue weighted by Gasteiger charge is 2.23. The molecular formula is C25H45N2O3+. The molecule has 0 spiro atoms. The Morgan fingerprint density at radius 1 is 0.833 bits per heavy atom.